The van der Waals surface area contributed by atoms with Crippen LogP contribution in [0.3, 0.4) is 0 Å². The van der Waals surface area contributed by atoms with Crippen molar-refractivity contribution in [2.24, 2.45) is 5.92 Å². The van der Waals surface area contributed by atoms with Crippen LogP contribution < -0.4 is 10.2 Å². The summed E-state index contributed by atoms with van der Waals surface area (Å²) in [7, 11) is 0. The van der Waals surface area contributed by atoms with Crippen LogP contribution in [0.1, 0.15) is 58.1 Å². The fourth-order valence-corrected chi connectivity index (χ4v) is 3.35. The Morgan fingerprint density at radius 3 is 2.65 bits per heavy atom. The molecule has 1 aromatic carbocycles. The Labute approximate surface area is 139 Å². The highest BCUT2D eigenvalue weighted by atomic mass is 19.1. The Balaban J connectivity index is 2.08. The smallest absolute Gasteiger partial charge is 0.123 e. The number of nitrogens with zero attached hydrogens (tertiary/aromatic N) is 1. The van der Waals surface area contributed by atoms with Crippen LogP contribution in [-0.2, 0) is 0 Å². The zero-order valence-electron chi connectivity index (χ0n) is 14.7. The molecule has 0 amide bonds. The molecule has 1 aliphatic rings. The van der Waals surface area contributed by atoms with Crippen molar-refractivity contribution in [3.63, 3.8) is 0 Å². The fraction of sp³-hybridized carbons (Fsp3) is 0.684. The number of aliphatic hydroxyl groups excluding tert-OH is 1. The Hall–Kier alpha value is -1.13. The average Bonchev–Trinajstić information content (AvgIpc) is 2.54. The number of hydrogen-bond donors (Lipinski definition) is 2. The molecule has 1 aromatic rings. The van der Waals surface area contributed by atoms with Gasteiger partial charge in [-0.05, 0) is 62.4 Å². The molecule has 0 bridgehead atoms. The summed E-state index contributed by atoms with van der Waals surface area (Å²) in [5.74, 6) is 0.445. The molecule has 0 spiro atoms. The van der Waals surface area contributed by atoms with Crippen LogP contribution in [-0.4, -0.2) is 30.8 Å². The van der Waals surface area contributed by atoms with E-state index in [-0.39, 0.29) is 18.0 Å². The van der Waals surface area contributed by atoms with Crippen molar-refractivity contribution >= 4 is 5.69 Å². The van der Waals surface area contributed by atoms with E-state index in [9.17, 15) is 9.50 Å². The summed E-state index contributed by atoms with van der Waals surface area (Å²) in [6.07, 6.45) is 3.77. The summed E-state index contributed by atoms with van der Waals surface area (Å²) in [5, 5.41) is 13.2. The molecule has 0 aromatic heterocycles. The maximum absolute atomic E-state index is 13.8. The topological polar surface area (TPSA) is 35.5 Å². The van der Waals surface area contributed by atoms with Crippen molar-refractivity contribution in [1.82, 2.24) is 5.32 Å². The third kappa shape index (κ3) is 5.18. The first-order valence-electron chi connectivity index (χ1n) is 8.97. The van der Waals surface area contributed by atoms with Gasteiger partial charge in [-0.1, -0.05) is 20.3 Å². The highest BCUT2D eigenvalue weighted by molar-refractivity contribution is 5.55. The van der Waals surface area contributed by atoms with Gasteiger partial charge in [0.1, 0.15) is 5.82 Å². The summed E-state index contributed by atoms with van der Waals surface area (Å²) >= 11 is 0. The summed E-state index contributed by atoms with van der Waals surface area (Å²) in [4.78, 5) is 2.27. The molecule has 1 fully saturated rings. The summed E-state index contributed by atoms with van der Waals surface area (Å²) in [6, 6.07) is 5.20. The van der Waals surface area contributed by atoms with Crippen LogP contribution in [0.15, 0.2) is 18.2 Å². The Kier molecular flexibility index (Phi) is 6.85. The van der Waals surface area contributed by atoms with Gasteiger partial charge < -0.3 is 15.3 Å². The Bertz CT molecular complexity index is 486. The predicted octanol–water partition coefficient (Wildman–Crippen LogP) is 3.87. The van der Waals surface area contributed by atoms with Crippen molar-refractivity contribution in [2.45, 2.75) is 58.6 Å². The maximum Gasteiger partial charge on any atom is 0.123 e. The SMILES string of the molecule is CCCC(C)CNC(C)c1cc(F)ccc1N1CCC(O)CC1. The molecule has 2 atom stereocenters. The van der Waals surface area contributed by atoms with Crippen molar-refractivity contribution in [1.29, 1.82) is 0 Å². The van der Waals surface area contributed by atoms with Gasteiger partial charge in [0, 0.05) is 24.8 Å². The minimum Gasteiger partial charge on any atom is -0.393 e. The number of piperidine rings is 1. The highest BCUT2D eigenvalue weighted by Crippen LogP contribution is 2.29. The molecular weight excluding hydrogens is 291 g/mol. The molecule has 3 nitrogen and oxygen atoms in total. The van der Waals surface area contributed by atoms with Crippen molar-refractivity contribution in [3.05, 3.63) is 29.6 Å². The van der Waals surface area contributed by atoms with E-state index in [0.29, 0.717) is 5.92 Å². The molecule has 2 unspecified atom stereocenters. The predicted molar refractivity (Wildman–Crippen MR) is 94.3 cm³/mol. The first-order valence-corrected chi connectivity index (χ1v) is 8.97. The molecule has 2 rings (SSSR count). The third-order valence-electron chi connectivity index (χ3n) is 4.82. The zero-order chi connectivity index (χ0) is 16.8. The van der Waals surface area contributed by atoms with Gasteiger partial charge in [0.2, 0.25) is 0 Å². The summed E-state index contributed by atoms with van der Waals surface area (Å²) < 4.78 is 13.8. The number of hydrogen-bond acceptors (Lipinski definition) is 3. The van der Waals surface area contributed by atoms with Crippen LogP contribution in [0, 0.1) is 11.7 Å². The second kappa shape index (κ2) is 8.65. The molecule has 1 aliphatic heterocycles. The number of benzene rings is 1. The van der Waals surface area contributed by atoms with Gasteiger partial charge in [0.05, 0.1) is 6.10 Å². The molecule has 0 aliphatic carbocycles. The summed E-state index contributed by atoms with van der Waals surface area (Å²) in [6.45, 7) is 9.17. The van der Waals surface area contributed by atoms with Crippen LogP contribution in [0.2, 0.25) is 0 Å². The molecule has 130 valence electrons. The fourth-order valence-electron chi connectivity index (χ4n) is 3.35. The molecule has 0 saturated carbocycles. The van der Waals surface area contributed by atoms with E-state index in [1.54, 1.807) is 6.07 Å². The standard InChI is InChI=1S/C19H31FN2O/c1-4-5-14(2)13-21-15(3)18-12-16(20)6-7-19(18)22-10-8-17(23)9-11-22/h6-7,12,14-15,17,21,23H,4-5,8-11,13H2,1-3H3. The lowest BCUT2D eigenvalue weighted by Gasteiger charge is -2.34. The highest BCUT2D eigenvalue weighted by Gasteiger charge is 2.21. The van der Waals surface area contributed by atoms with E-state index in [1.165, 1.54) is 18.9 Å². The normalized spacial score (nSPS) is 18.9. The van der Waals surface area contributed by atoms with Crippen molar-refractivity contribution < 1.29 is 9.50 Å². The molecule has 0 radical (unpaired) electrons. The monoisotopic (exact) mass is 322 g/mol. The lowest BCUT2D eigenvalue weighted by atomic mass is 10.0. The van der Waals surface area contributed by atoms with Gasteiger partial charge in [-0.25, -0.2) is 4.39 Å². The van der Waals surface area contributed by atoms with Crippen LogP contribution in [0.25, 0.3) is 0 Å². The number of halogens is 1. The minimum atomic E-state index is -0.194. The van der Waals surface area contributed by atoms with Gasteiger partial charge in [-0.2, -0.15) is 0 Å². The second-order valence-corrected chi connectivity index (χ2v) is 6.95. The lowest BCUT2D eigenvalue weighted by Crippen LogP contribution is -2.37. The van der Waals surface area contributed by atoms with Gasteiger partial charge in [-0.3, -0.25) is 0 Å². The molecule has 1 heterocycles. The van der Waals surface area contributed by atoms with E-state index in [0.717, 1.165) is 43.7 Å². The van der Waals surface area contributed by atoms with Crippen LogP contribution >= 0.6 is 0 Å². The minimum absolute atomic E-state index is 0.117. The van der Waals surface area contributed by atoms with E-state index in [4.69, 9.17) is 0 Å². The summed E-state index contributed by atoms with van der Waals surface area (Å²) in [5.41, 5.74) is 2.12. The first-order chi connectivity index (χ1) is 11.0. The molecule has 23 heavy (non-hydrogen) atoms. The second-order valence-electron chi connectivity index (χ2n) is 6.95. The Morgan fingerprint density at radius 2 is 2.00 bits per heavy atom. The van der Waals surface area contributed by atoms with E-state index in [1.807, 2.05) is 6.07 Å². The van der Waals surface area contributed by atoms with E-state index >= 15 is 0 Å². The van der Waals surface area contributed by atoms with Crippen molar-refractivity contribution in [2.75, 3.05) is 24.5 Å². The van der Waals surface area contributed by atoms with E-state index < -0.39 is 0 Å². The molecule has 2 N–H and O–H groups in total. The van der Waals surface area contributed by atoms with Gasteiger partial charge in [-0.15, -0.1) is 0 Å². The Morgan fingerprint density at radius 1 is 1.30 bits per heavy atom. The van der Waals surface area contributed by atoms with Crippen LogP contribution in [0.4, 0.5) is 10.1 Å². The van der Waals surface area contributed by atoms with E-state index in [2.05, 4.69) is 31.0 Å². The number of rotatable bonds is 7. The molecular formula is C19H31FN2O. The van der Waals surface area contributed by atoms with Crippen LogP contribution in [0.5, 0.6) is 0 Å². The number of anilines is 1. The number of nitrogens with one attached hydrogen (secondary N) is 1. The molecule has 1 saturated heterocycles. The number of aliphatic hydroxyl groups is 1. The van der Waals surface area contributed by atoms with Gasteiger partial charge in [0.25, 0.3) is 0 Å². The largest absolute Gasteiger partial charge is 0.393 e. The zero-order valence-corrected chi connectivity index (χ0v) is 14.7. The average molecular weight is 322 g/mol. The quantitative estimate of drug-likeness (QED) is 0.800. The van der Waals surface area contributed by atoms with Gasteiger partial charge >= 0.3 is 0 Å². The lowest BCUT2D eigenvalue weighted by molar-refractivity contribution is 0.145. The maximum atomic E-state index is 13.8. The van der Waals surface area contributed by atoms with Gasteiger partial charge in [0.15, 0.2) is 0 Å². The molecule has 4 heteroatoms. The third-order valence-corrected chi connectivity index (χ3v) is 4.82. The first kappa shape index (κ1) is 18.2. The van der Waals surface area contributed by atoms with Crippen molar-refractivity contribution in [3.8, 4) is 0 Å².